The number of halogens is 3. The molecule has 1 N–H and O–H groups in total. The van der Waals surface area contributed by atoms with Crippen LogP contribution in [0.25, 0.3) is 33.1 Å². The SMILES string of the molecule is FC(F)(F)Cn1c(-c2ccc3cn[nH]c3c2)cc2ccccc21. The molecule has 0 aliphatic carbocycles. The Hall–Kier alpha value is -2.76. The van der Waals surface area contributed by atoms with Crippen LogP contribution in [0.3, 0.4) is 0 Å². The molecule has 0 aliphatic heterocycles. The van der Waals surface area contributed by atoms with E-state index >= 15 is 0 Å². The summed E-state index contributed by atoms with van der Waals surface area (Å²) in [6.07, 6.45) is -2.60. The lowest BCUT2D eigenvalue weighted by molar-refractivity contribution is -0.139. The molecule has 0 radical (unpaired) electrons. The molecule has 116 valence electrons. The van der Waals surface area contributed by atoms with Crippen LogP contribution in [-0.4, -0.2) is 20.9 Å². The van der Waals surface area contributed by atoms with E-state index in [0.29, 0.717) is 11.2 Å². The highest BCUT2D eigenvalue weighted by atomic mass is 19.4. The minimum absolute atomic E-state index is 0.542. The van der Waals surface area contributed by atoms with Gasteiger partial charge in [0, 0.05) is 27.5 Å². The molecule has 2 heterocycles. The third-order valence-corrected chi connectivity index (χ3v) is 3.89. The van der Waals surface area contributed by atoms with Gasteiger partial charge in [0.05, 0.1) is 11.7 Å². The number of nitrogens with one attached hydrogen (secondary N) is 1. The van der Waals surface area contributed by atoms with Crippen LogP contribution in [0.4, 0.5) is 13.2 Å². The highest BCUT2D eigenvalue weighted by Crippen LogP contribution is 2.32. The number of hydrogen-bond acceptors (Lipinski definition) is 1. The van der Waals surface area contributed by atoms with Crippen LogP contribution in [0.15, 0.2) is 54.7 Å². The van der Waals surface area contributed by atoms with Crippen molar-refractivity contribution in [3.63, 3.8) is 0 Å². The molecule has 2 aromatic heterocycles. The van der Waals surface area contributed by atoms with E-state index in [-0.39, 0.29) is 0 Å². The highest BCUT2D eigenvalue weighted by Gasteiger charge is 2.30. The maximum atomic E-state index is 13.0. The smallest absolute Gasteiger partial charge is 0.331 e. The van der Waals surface area contributed by atoms with Crippen LogP contribution >= 0.6 is 0 Å². The van der Waals surface area contributed by atoms with Gasteiger partial charge in [-0.25, -0.2) is 0 Å². The van der Waals surface area contributed by atoms with Gasteiger partial charge in [-0.15, -0.1) is 0 Å². The van der Waals surface area contributed by atoms with Crippen LogP contribution in [-0.2, 0) is 6.54 Å². The summed E-state index contributed by atoms with van der Waals surface area (Å²) < 4.78 is 40.3. The van der Waals surface area contributed by atoms with Gasteiger partial charge >= 0.3 is 6.18 Å². The first-order valence-electron chi connectivity index (χ1n) is 7.10. The van der Waals surface area contributed by atoms with Crippen molar-refractivity contribution in [2.45, 2.75) is 12.7 Å². The van der Waals surface area contributed by atoms with E-state index in [9.17, 15) is 13.2 Å². The average Bonchev–Trinajstić information content (AvgIpc) is 3.10. The van der Waals surface area contributed by atoms with Crippen molar-refractivity contribution in [1.82, 2.24) is 14.8 Å². The molecule has 0 spiro atoms. The van der Waals surface area contributed by atoms with E-state index < -0.39 is 12.7 Å². The van der Waals surface area contributed by atoms with Gasteiger partial charge in [-0.3, -0.25) is 5.10 Å². The fraction of sp³-hybridized carbons (Fsp3) is 0.118. The zero-order valence-electron chi connectivity index (χ0n) is 11.9. The van der Waals surface area contributed by atoms with Gasteiger partial charge in [-0.2, -0.15) is 18.3 Å². The molecule has 0 fully saturated rings. The molecule has 0 aliphatic rings. The average molecular weight is 315 g/mol. The Balaban J connectivity index is 1.95. The van der Waals surface area contributed by atoms with Crippen molar-refractivity contribution < 1.29 is 13.2 Å². The predicted octanol–water partition coefficient (Wildman–Crippen LogP) is 4.75. The van der Waals surface area contributed by atoms with Gasteiger partial charge in [0.1, 0.15) is 6.54 Å². The fourth-order valence-corrected chi connectivity index (χ4v) is 2.90. The summed E-state index contributed by atoms with van der Waals surface area (Å²) in [6.45, 7) is -1.02. The molecule has 0 unspecified atom stereocenters. The van der Waals surface area contributed by atoms with Crippen molar-refractivity contribution >= 4 is 21.8 Å². The maximum Gasteiger partial charge on any atom is 0.406 e. The number of fused-ring (bicyclic) bond motifs is 2. The molecule has 4 rings (SSSR count). The van der Waals surface area contributed by atoms with E-state index in [1.807, 2.05) is 30.3 Å². The number of alkyl halides is 3. The normalized spacial score (nSPS) is 12.3. The molecule has 23 heavy (non-hydrogen) atoms. The molecule has 2 aromatic carbocycles. The molecule has 0 bridgehead atoms. The Morgan fingerprint density at radius 1 is 1.00 bits per heavy atom. The number of aromatic nitrogens is 3. The number of rotatable bonds is 2. The Kier molecular flexibility index (Phi) is 2.94. The maximum absolute atomic E-state index is 13.0. The van der Waals surface area contributed by atoms with E-state index in [0.717, 1.165) is 21.9 Å². The van der Waals surface area contributed by atoms with Gasteiger partial charge in [-0.05, 0) is 18.2 Å². The molecule has 0 saturated carbocycles. The van der Waals surface area contributed by atoms with Crippen molar-refractivity contribution in [2.24, 2.45) is 0 Å². The standard InChI is InChI=1S/C17H12F3N3/c18-17(19,20)10-23-15-4-2-1-3-11(15)8-16(23)12-5-6-13-9-21-22-14(13)7-12/h1-9H,10H2,(H,21,22). The van der Waals surface area contributed by atoms with Crippen LogP contribution in [0.2, 0.25) is 0 Å². The molecule has 3 nitrogen and oxygen atoms in total. The van der Waals surface area contributed by atoms with Gasteiger partial charge in [-0.1, -0.05) is 30.3 Å². The van der Waals surface area contributed by atoms with Gasteiger partial charge in [0.2, 0.25) is 0 Å². The summed E-state index contributed by atoms with van der Waals surface area (Å²) in [7, 11) is 0. The first-order chi connectivity index (χ1) is 11.0. The molecule has 4 aromatic rings. The molecule has 0 saturated heterocycles. The lowest BCUT2D eigenvalue weighted by Gasteiger charge is -2.13. The Morgan fingerprint density at radius 2 is 1.83 bits per heavy atom. The number of H-pyrrole nitrogens is 1. The van der Waals surface area contributed by atoms with Crippen LogP contribution in [0, 0.1) is 0 Å². The lowest BCUT2D eigenvalue weighted by atomic mass is 10.1. The molecular formula is C17H12F3N3. The summed E-state index contributed by atoms with van der Waals surface area (Å²) >= 11 is 0. The number of hydrogen-bond donors (Lipinski definition) is 1. The molecular weight excluding hydrogens is 303 g/mol. The second kappa shape index (κ2) is 4.87. The number of aromatic amines is 1. The first-order valence-corrected chi connectivity index (χ1v) is 7.10. The van der Waals surface area contributed by atoms with Gasteiger partial charge in [0.25, 0.3) is 0 Å². The molecule has 0 amide bonds. The van der Waals surface area contributed by atoms with E-state index in [2.05, 4.69) is 10.2 Å². The predicted molar refractivity (Wildman–Crippen MR) is 83.1 cm³/mol. The molecule has 6 heteroatoms. The zero-order chi connectivity index (χ0) is 16.0. The first kappa shape index (κ1) is 13.9. The monoisotopic (exact) mass is 315 g/mol. The highest BCUT2D eigenvalue weighted by molar-refractivity contribution is 5.90. The van der Waals surface area contributed by atoms with Crippen molar-refractivity contribution in [1.29, 1.82) is 0 Å². The Bertz CT molecular complexity index is 995. The largest absolute Gasteiger partial charge is 0.406 e. The van der Waals surface area contributed by atoms with Gasteiger partial charge < -0.3 is 4.57 Å². The van der Waals surface area contributed by atoms with Crippen molar-refractivity contribution in [2.75, 3.05) is 0 Å². The van der Waals surface area contributed by atoms with E-state index in [1.54, 1.807) is 24.4 Å². The van der Waals surface area contributed by atoms with Crippen LogP contribution in [0.5, 0.6) is 0 Å². The quantitative estimate of drug-likeness (QED) is 0.569. The summed E-state index contributed by atoms with van der Waals surface area (Å²) in [6, 6.07) is 14.4. The Morgan fingerprint density at radius 3 is 2.65 bits per heavy atom. The summed E-state index contributed by atoms with van der Waals surface area (Å²) in [5.74, 6) is 0. The van der Waals surface area contributed by atoms with E-state index in [4.69, 9.17) is 0 Å². The minimum Gasteiger partial charge on any atom is -0.331 e. The van der Waals surface area contributed by atoms with Crippen molar-refractivity contribution in [3.8, 4) is 11.3 Å². The lowest BCUT2D eigenvalue weighted by Crippen LogP contribution is -2.18. The number of nitrogens with zero attached hydrogens (tertiary/aromatic N) is 2. The van der Waals surface area contributed by atoms with E-state index in [1.165, 1.54) is 4.57 Å². The second-order valence-electron chi connectivity index (χ2n) is 5.46. The number of para-hydroxylation sites is 1. The van der Waals surface area contributed by atoms with Crippen LogP contribution < -0.4 is 0 Å². The van der Waals surface area contributed by atoms with Crippen LogP contribution in [0.1, 0.15) is 0 Å². The number of benzene rings is 2. The minimum atomic E-state index is -4.28. The third kappa shape index (κ3) is 2.46. The summed E-state index contributed by atoms with van der Waals surface area (Å²) in [5.41, 5.74) is 2.64. The topological polar surface area (TPSA) is 33.6 Å². The summed E-state index contributed by atoms with van der Waals surface area (Å²) in [4.78, 5) is 0. The van der Waals surface area contributed by atoms with Crippen molar-refractivity contribution in [3.05, 3.63) is 54.7 Å². The second-order valence-corrected chi connectivity index (χ2v) is 5.46. The molecule has 0 atom stereocenters. The Labute approximate surface area is 129 Å². The van der Waals surface area contributed by atoms with Gasteiger partial charge in [0.15, 0.2) is 0 Å². The fourth-order valence-electron chi connectivity index (χ4n) is 2.90. The zero-order valence-corrected chi connectivity index (χ0v) is 11.9. The third-order valence-electron chi connectivity index (χ3n) is 3.89. The summed E-state index contributed by atoms with van der Waals surface area (Å²) in [5, 5.41) is 8.51.